The number of carbonyl (C=O) groups is 2. The van der Waals surface area contributed by atoms with Gasteiger partial charge in [0.15, 0.2) is 11.0 Å². The van der Waals surface area contributed by atoms with Crippen LogP contribution in [0.3, 0.4) is 0 Å². The van der Waals surface area contributed by atoms with Crippen LogP contribution in [-0.2, 0) is 4.79 Å². The molecule has 33 heavy (non-hydrogen) atoms. The summed E-state index contributed by atoms with van der Waals surface area (Å²) in [5, 5.41) is 12.2. The highest BCUT2D eigenvalue weighted by Gasteiger charge is 2.17. The minimum atomic E-state index is -0.171. The van der Waals surface area contributed by atoms with E-state index in [1.54, 1.807) is 38.4 Å². The van der Waals surface area contributed by atoms with E-state index < -0.39 is 0 Å². The third-order valence-corrected chi connectivity index (χ3v) is 5.76. The maximum atomic E-state index is 12.6. The second-order valence-corrected chi connectivity index (χ2v) is 8.40. The SMILES string of the molecule is CN(C)C(=O)c1ccc(NC(=O)CSc2nnc(-c3ccccc3)n2-c2ccccc2)cc1. The number of nitrogens with one attached hydrogen (secondary N) is 1. The molecule has 1 aromatic heterocycles. The van der Waals surface area contributed by atoms with E-state index in [0.717, 1.165) is 11.3 Å². The molecule has 8 heteroatoms. The van der Waals surface area contributed by atoms with Crippen molar-refractivity contribution in [2.75, 3.05) is 25.2 Å². The number of rotatable bonds is 7. The molecule has 7 nitrogen and oxygen atoms in total. The van der Waals surface area contributed by atoms with Gasteiger partial charge in [0.1, 0.15) is 0 Å². The number of aromatic nitrogens is 3. The zero-order valence-corrected chi connectivity index (χ0v) is 19.1. The highest BCUT2D eigenvalue weighted by Crippen LogP contribution is 2.28. The topological polar surface area (TPSA) is 80.1 Å². The molecule has 1 heterocycles. The van der Waals surface area contributed by atoms with Gasteiger partial charge in [-0.2, -0.15) is 0 Å². The second kappa shape index (κ2) is 10.1. The van der Waals surface area contributed by atoms with Crippen molar-refractivity contribution in [3.63, 3.8) is 0 Å². The van der Waals surface area contributed by atoms with E-state index in [-0.39, 0.29) is 17.6 Å². The lowest BCUT2D eigenvalue weighted by atomic mass is 10.2. The molecule has 0 aliphatic rings. The monoisotopic (exact) mass is 457 g/mol. The van der Waals surface area contributed by atoms with Crippen LogP contribution in [0, 0.1) is 0 Å². The Morgan fingerprint density at radius 3 is 2.15 bits per heavy atom. The second-order valence-electron chi connectivity index (χ2n) is 7.46. The van der Waals surface area contributed by atoms with Gasteiger partial charge in [-0.05, 0) is 36.4 Å². The van der Waals surface area contributed by atoms with Gasteiger partial charge in [-0.3, -0.25) is 14.2 Å². The molecule has 0 radical (unpaired) electrons. The molecule has 0 bridgehead atoms. The fourth-order valence-electron chi connectivity index (χ4n) is 3.23. The van der Waals surface area contributed by atoms with Crippen LogP contribution >= 0.6 is 11.8 Å². The summed E-state index contributed by atoms with van der Waals surface area (Å²) in [4.78, 5) is 26.1. The van der Waals surface area contributed by atoms with Gasteiger partial charge in [0, 0.05) is 36.6 Å². The van der Waals surface area contributed by atoms with Gasteiger partial charge >= 0.3 is 0 Å². The Bertz CT molecular complexity index is 1240. The number of para-hydroxylation sites is 1. The van der Waals surface area contributed by atoms with E-state index >= 15 is 0 Å². The van der Waals surface area contributed by atoms with Crippen LogP contribution in [0.2, 0.25) is 0 Å². The average molecular weight is 458 g/mol. The number of thioether (sulfide) groups is 1. The highest BCUT2D eigenvalue weighted by atomic mass is 32.2. The zero-order chi connectivity index (χ0) is 23.2. The lowest BCUT2D eigenvalue weighted by Gasteiger charge is -2.11. The number of anilines is 1. The van der Waals surface area contributed by atoms with Crippen molar-refractivity contribution in [2.45, 2.75) is 5.16 Å². The fraction of sp³-hybridized carbons (Fsp3) is 0.120. The minimum absolute atomic E-state index is 0.0853. The molecule has 0 saturated carbocycles. The molecule has 1 N–H and O–H groups in total. The average Bonchev–Trinajstić information content (AvgIpc) is 3.28. The third-order valence-electron chi connectivity index (χ3n) is 4.83. The maximum absolute atomic E-state index is 12.6. The summed E-state index contributed by atoms with van der Waals surface area (Å²) in [5.41, 5.74) is 3.06. The quantitative estimate of drug-likeness (QED) is 0.417. The molecule has 0 aliphatic heterocycles. The van der Waals surface area contributed by atoms with E-state index in [1.807, 2.05) is 65.2 Å². The van der Waals surface area contributed by atoms with Crippen LogP contribution in [0.5, 0.6) is 0 Å². The summed E-state index contributed by atoms with van der Waals surface area (Å²) >= 11 is 1.31. The first-order chi connectivity index (χ1) is 16.0. The molecule has 0 unspecified atom stereocenters. The number of benzene rings is 3. The van der Waals surface area contributed by atoms with Crippen molar-refractivity contribution in [3.8, 4) is 17.1 Å². The van der Waals surface area contributed by atoms with Gasteiger partial charge in [-0.15, -0.1) is 10.2 Å². The zero-order valence-electron chi connectivity index (χ0n) is 18.3. The summed E-state index contributed by atoms with van der Waals surface area (Å²) in [6.07, 6.45) is 0. The van der Waals surface area contributed by atoms with Crippen molar-refractivity contribution in [2.24, 2.45) is 0 Å². The number of hydrogen-bond donors (Lipinski definition) is 1. The molecule has 4 rings (SSSR count). The van der Waals surface area contributed by atoms with Crippen molar-refractivity contribution in [1.29, 1.82) is 0 Å². The lowest BCUT2D eigenvalue weighted by molar-refractivity contribution is -0.113. The Morgan fingerprint density at radius 1 is 0.879 bits per heavy atom. The number of amides is 2. The fourth-order valence-corrected chi connectivity index (χ4v) is 3.98. The molecule has 166 valence electrons. The van der Waals surface area contributed by atoms with Gasteiger partial charge in [-0.25, -0.2) is 0 Å². The van der Waals surface area contributed by atoms with Crippen LogP contribution in [0.1, 0.15) is 10.4 Å². The van der Waals surface area contributed by atoms with Gasteiger partial charge in [0.2, 0.25) is 5.91 Å². The molecule has 0 atom stereocenters. The third kappa shape index (κ3) is 5.30. The number of nitrogens with zero attached hydrogens (tertiary/aromatic N) is 4. The summed E-state index contributed by atoms with van der Waals surface area (Å²) in [6.45, 7) is 0. The van der Waals surface area contributed by atoms with E-state index in [9.17, 15) is 9.59 Å². The van der Waals surface area contributed by atoms with Crippen LogP contribution in [0.25, 0.3) is 17.1 Å². The van der Waals surface area contributed by atoms with Gasteiger partial charge in [0.05, 0.1) is 5.75 Å². The van der Waals surface area contributed by atoms with Crippen molar-refractivity contribution in [3.05, 3.63) is 90.5 Å². The van der Waals surface area contributed by atoms with Crippen LogP contribution in [0.15, 0.2) is 90.1 Å². The van der Waals surface area contributed by atoms with Crippen molar-refractivity contribution in [1.82, 2.24) is 19.7 Å². The largest absolute Gasteiger partial charge is 0.345 e. The number of carbonyl (C=O) groups excluding carboxylic acids is 2. The molecule has 4 aromatic rings. The summed E-state index contributed by atoms with van der Waals surface area (Å²) in [6, 6.07) is 26.5. The van der Waals surface area contributed by atoms with Crippen LogP contribution < -0.4 is 5.32 Å². The molecular weight excluding hydrogens is 434 g/mol. The Morgan fingerprint density at radius 2 is 1.52 bits per heavy atom. The first-order valence-corrected chi connectivity index (χ1v) is 11.3. The van der Waals surface area contributed by atoms with Crippen molar-refractivity contribution < 1.29 is 9.59 Å². The molecular formula is C25H23N5O2S. The molecule has 0 spiro atoms. The summed E-state index contributed by atoms with van der Waals surface area (Å²) < 4.78 is 1.95. The predicted molar refractivity (Wildman–Crippen MR) is 131 cm³/mol. The van der Waals surface area contributed by atoms with Crippen molar-refractivity contribution >= 4 is 29.3 Å². The molecule has 0 fully saturated rings. The smallest absolute Gasteiger partial charge is 0.253 e. The lowest BCUT2D eigenvalue weighted by Crippen LogP contribution is -2.21. The van der Waals surface area contributed by atoms with E-state index in [1.165, 1.54) is 16.7 Å². The Balaban J connectivity index is 1.49. The van der Waals surface area contributed by atoms with Gasteiger partial charge < -0.3 is 10.2 Å². The Labute approximate surface area is 196 Å². The normalized spacial score (nSPS) is 10.6. The predicted octanol–water partition coefficient (Wildman–Crippen LogP) is 4.37. The van der Waals surface area contributed by atoms with Crippen LogP contribution in [0.4, 0.5) is 5.69 Å². The minimum Gasteiger partial charge on any atom is -0.345 e. The van der Waals surface area contributed by atoms with E-state index in [4.69, 9.17) is 0 Å². The molecule has 3 aromatic carbocycles. The van der Waals surface area contributed by atoms with Gasteiger partial charge in [-0.1, -0.05) is 60.3 Å². The number of hydrogen-bond acceptors (Lipinski definition) is 5. The molecule has 0 aliphatic carbocycles. The summed E-state index contributed by atoms with van der Waals surface area (Å²) in [7, 11) is 3.40. The van der Waals surface area contributed by atoms with E-state index in [0.29, 0.717) is 22.2 Å². The maximum Gasteiger partial charge on any atom is 0.253 e. The Kier molecular flexibility index (Phi) is 6.85. The molecule has 0 saturated heterocycles. The molecule has 2 amide bonds. The highest BCUT2D eigenvalue weighted by molar-refractivity contribution is 7.99. The Hall–Kier alpha value is -3.91. The standard InChI is InChI=1S/C25H23N5O2S/c1-29(2)24(32)19-13-15-20(16-14-19)26-22(31)17-33-25-28-27-23(18-9-5-3-6-10-18)30(25)21-11-7-4-8-12-21/h3-16H,17H2,1-2H3,(H,26,31). The summed E-state index contributed by atoms with van der Waals surface area (Å²) in [5.74, 6) is 0.623. The van der Waals surface area contributed by atoms with Gasteiger partial charge in [0.25, 0.3) is 5.91 Å². The first kappa shape index (κ1) is 22.3. The first-order valence-electron chi connectivity index (χ1n) is 10.3. The van der Waals surface area contributed by atoms with E-state index in [2.05, 4.69) is 15.5 Å². The van der Waals surface area contributed by atoms with Crippen LogP contribution in [-0.4, -0.2) is 51.3 Å².